The molecule has 1 heterocycles. The van der Waals surface area contributed by atoms with Gasteiger partial charge in [0.25, 0.3) is 11.5 Å². The molecule has 0 unspecified atom stereocenters. The molecule has 0 saturated carbocycles. The van der Waals surface area contributed by atoms with Gasteiger partial charge in [0.05, 0.1) is 5.39 Å². The summed E-state index contributed by atoms with van der Waals surface area (Å²) in [5, 5.41) is 7.74. The largest absolute Gasteiger partial charge is 0.451 e. The van der Waals surface area contributed by atoms with E-state index < -0.39 is 18.5 Å². The maximum absolute atomic E-state index is 12.7. The number of nitrogens with zero attached hydrogens (tertiary/aromatic N) is 2. The number of unbranched alkanes of at least 4 members (excludes halogenated alkanes) is 1. The molecular formula is C23H25N3O4. The van der Waals surface area contributed by atoms with Gasteiger partial charge in [0.15, 0.2) is 12.3 Å². The van der Waals surface area contributed by atoms with Crippen LogP contribution in [0.2, 0.25) is 0 Å². The molecule has 0 fully saturated rings. The lowest BCUT2D eigenvalue weighted by atomic mass is 10.1. The molecule has 7 heteroatoms. The minimum atomic E-state index is -0.744. The number of esters is 1. The molecule has 3 rings (SSSR count). The number of nitrogens with one attached hydrogen (secondary N) is 1. The first kappa shape index (κ1) is 21.2. The first-order chi connectivity index (χ1) is 14.4. The molecule has 1 N–H and O–H groups in total. The molecule has 0 aliphatic heterocycles. The van der Waals surface area contributed by atoms with Crippen molar-refractivity contribution in [1.29, 1.82) is 0 Å². The summed E-state index contributed by atoms with van der Waals surface area (Å²) in [6.07, 6.45) is 1.65. The maximum Gasteiger partial charge on any atom is 0.359 e. The molecule has 1 aromatic heterocycles. The SMILES string of the molecule is CCCCn1nc(C(=O)OCC(=O)Nc2ccc(C)c(C)c2)c2ccccc2c1=O. The second-order valence-electron chi connectivity index (χ2n) is 7.20. The highest BCUT2D eigenvalue weighted by Gasteiger charge is 2.19. The summed E-state index contributed by atoms with van der Waals surface area (Å²) in [6.45, 7) is 5.91. The van der Waals surface area contributed by atoms with Gasteiger partial charge in [-0.15, -0.1) is 0 Å². The third-order valence-electron chi connectivity index (χ3n) is 4.91. The average Bonchev–Trinajstić information content (AvgIpc) is 2.74. The van der Waals surface area contributed by atoms with Crippen molar-refractivity contribution in [3.63, 3.8) is 0 Å². The summed E-state index contributed by atoms with van der Waals surface area (Å²) < 4.78 is 6.48. The van der Waals surface area contributed by atoms with Crippen LogP contribution in [-0.4, -0.2) is 28.3 Å². The standard InChI is InChI=1S/C23H25N3O4/c1-4-5-12-26-22(28)19-9-7-6-8-18(19)21(25-26)23(29)30-14-20(27)24-17-11-10-15(2)16(3)13-17/h6-11,13H,4-5,12,14H2,1-3H3,(H,24,27). The lowest BCUT2D eigenvalue weighted by Crippen LogP contribution is -2.27. The van der Waals surface area contributed by atoms with Gasteiger partial charge in [-0.25, -0.2) is 9.48 Å². The van der Waals surface area contributed by atoms with Crippen LogP contribution in [0.15, 0.2) is 47.3 Å². The predicted octanol–water partition coefficient (Wildman–Crippen LogP) is 3.61. The van der Waals surface area contributed by atoms with Gasteiger partial charge in [-0.1, -0.05) is 37.6 Å². The van der Waals surface area contributed by atoms with Crippen LogP contribution < -0.4 is 10.9 Å². The Kier molecular flexibility index (Phi) is 6.61. The zero-order chi connectivity index (χ0) is 21.7. The van der Waals surface area contributed by atoms with E-state index in [9.17, 15) is 14.4 Å². The second kappa shape index (κ2) is 9.35. The summed E-state index contributed by atoms with van der Waals surface area (Å²) in [7, 11) is 0. The Morgan fingerprint density at radius 2 is 1.80 bits per heavy atom. The van der Waals surface area contributed by atoms with Crippen molar-refractivity contribution < 1.29 is 14.3 Å². The molecule has 0 aliphatic rings. The molecule has 2 aromatic carbocycles. The van der Waals surface area contributed by atoms with Crippen molar-refractivity contribution in [3.05, 3.63) is 69.6 Å². The van der Waals surface area contributed by atoms with Gasteiger partial charge in [0.1, 0.15) is 0 Å². The number of hydrogen-bond acceptors (Lipinski definition) is 5. The van der Waals surface area contributed by atoms with Gasteiger partial charge in [-0.05, 0) is 49.6 Å². The van der Waals surface area contributed by atoms with Gasteiger partial charge >= 0.3 is 5.97 Å². The number of aromatic nitrogens is 2. The number of amides is 1. The van der Waals surface area contributed by atoms with Crippen LogP contribution in [0.5, 0.6) is 0 Å². The molecule has 0 aliphatic carbocycles. The van der Waals surface area contributed by atoms with Crippen molar-refractivity contribution in [3.8, 4) is 0 Å². The highest BCUT2D eigenvalue weighted by atomic mass is 16.5. The van der Waals surface area contributed by atoms with Crippen molar-refractivity contribution in [2.24, 2.45) is 0 Å². The number of aryl methyl sites for hydroxylation is 3. The van der Waals surface area contributed by atoms with Crippen LogP contribution in [0.3, 0.4) is 0 Å². The van der Waals surface area contributed by atoms with Gasteiger partial charge in [0, 0.05) is 17.6 Å². The molecule has 0 saturated heterocycles. The number of ether oxygens (including phenoxy) is 1. The van der Waals surface area contributed by atoms with E-state index in [1.807, 2.05) is 32.9 Å². The number of carbonyl (C=O) groups excluding carboxylic acids is 2. The first-order valence-electron chi connectivity index (χ1n) is 9.94. The minimum absolute atomic E-state index is 0.0280. The third-order valence-corrected chi connectivity index (χ3v) is 4.91. The fourth-order valence-corrected chi connectivity index (χ4v) is 3.06. The van der Waals surface area contributed by atoms with E-state index in [0.29, 0.717) is 23.0 Å². The zero-order valence-corrected chi connectivity index (χ0v) is 17.4. The summed E-state index contributed by atoms with van der Waals surface area (Å²) in [5.41, 5.74) is 2.59. The van der Waals surface area contributed by atoms with Crippen LogP contribution in [0.1, 0.15) is 41.4 Å². The van der Waals surface area contributed by atoms with Gasteiger partial charge in [-0.2, -0.15) is 5.10 Å². The molecule has 7 nitrogen and oxygen atoms in total. The van der Waals surface area contributed by atoms with Crippen molar-refractivity contribution >= 4 is 28.3 Å². The molecular weight excluding hydrogens is 382 g/mol. The lowest BCUT2D eigenvalue weighted by Gasteiger charge is -2.11. The second-order valence-corrected chi connectivity index (χ2v) is 7.20. The van der Waals surface area contributed by atoms with Crippen LogP contribution >= 0.6 is 0 Å². The molecule has 0 radical (unpaired) electrons. The quantitative estimate of drug-likeness (QED) is 0.604. The van der Waals surface area contributed by atoms with Crippen molar-refractivity contribution in [2.75, 3.05) is 11.9 Å². The van der Waals surface area contributed by atoms with Crippen LogP contribution in [-0.2, 0) is 16.1 Å². The number of rotatable bonds is 7. The highest BCUT2D eigenvalue weighted by Crippen LogP contribution is 2.16. The van der Waals surface area contributed by atoms with E-state index in [1.165, 1.54) is 4.68 Å². The van der Waals surface area contributed by atoms with E-state index in [2.05, 4.69) is 10.4 Å². The summed E-state index contributed by atoms with van der Waals surface area (Å²) in [5.74, 6) is -1.19. The number of carbonyl (C=O) groups is 2. The zero-order valence-electron chi connectivity index (χ0n) is 17.4. The third kappa shape index (κ3) is 4.74. The van der Waals surface area contributed by atoms with Crippen molar-refractivity contribution in [1.82, 2.24) is 9.78 Å². The normalized spacial score (nSPS) is 10.8. The first-order valence-corrected chi connectivity index (χ1v) is 9.94. The summed E-state index contributed by atoms with van der Waals surface area (Å²) >= 11 is 0. The van der Waals surface area contributed by atoms with Gasteiger partial charge in [0.2, 0.25) is 0 Å². The highest BCUT2D eigenvalue weighted by molar-refractivity contribution is 6.03. The van der Waals surface area contributed by atoms with E-state index >= 15 is 0 Å². The number of hydrogen-bond donors (Lipinski definition) is 1. The number of fused-ring (bicyclic) bond motifs is 1. The minimum Gasteiger partial charge on any atom is -0.451 e. The Morgan fingerprint density at radius 1 is 1.07 bits per heavy atom. The lowest BCUT2D eigenvalue weighted by molar-refractivity contribution is -0.119. The molecule has 156 valence electrons. The maximum atomic E-state index is 12.7. The Hall–Kier alpha value is -3.48. The van der Waals surface area contributed by atoms with E-state index in [-0.39, 0.29) is 11.3 Å². The molecule has 30 heavy (non-hydrogen) atoms. The Morgan fingerprint density at radius 3 is 2.50 bits per heavy atom. The fraction of sp³-hybridized carbons (Fsp3) is 0.304. The molecule has 0 atom stereocenters. The summed E-state index contributed by atoms with van der Waals surface area (Å²) in [6, 6.07) is 12.3. The Balaban J connectivity index is 1.77. The molecule has 3 aromatic rings. The molecule has 1 amide bonds. The van der Waals surface area contributed by atoms with Crippen LogP contribution in [0, 0.1) is 13.8 Å². The fourth-order valence-electron chi connectivity index (χ4n) is 3.06. The van der Waals surface area contributed by atoms with Gasteiger partial charge in [-0.3, -0.25) is 9.59 Å². The van der Waals surface area contributed by atoms with Crippen LogP contribution in [0.4, 0.5) is 5.69 Å². The topological polar surface area (TPSA) is 90.3 Å². The number of anilines is 1. The predicted molar refractivity (Wildman–Crippen MR) is 116 cm³/mol. The van der Waals surface area contributed by atoms with E-state index in [1.54, 1.807) is 30.3 Å². The van der Waals surface area contributed by atoms with Crippen LogP contribution in [0.25, 0.3) is 10.8 Å². The van der Waals surface area contributed by atoms with Gasteiger partial charge < -0.3 is 10.1 Å². The summed E-state index contributed by atoms with van der Waals surface area (Å²) in [4.78, 5) is 37.5. The van der Waals surface area contributed by atoms with E-state index in [4.69, 9.17) is 4.74 Å². The number of benzene rings is 2. The van der Waals surface area contributed by atoms with E-state index in [0.717, 1.165) is 24.0 Å². The smallest absolute Gasteiger partial charge is 0.359 e. The Bertz CT molecular complexity index is 1150. The Labute approximate surface area is 174 Å². The monoisotopic (exact) mass is 407 g/mol. The molecule has 0 bridgehead atoms. The van der Waals surface area contributed by atoms with Crippen molar-refractivity contribution in [2.45, 2.75) is 40.2 Å². The average molecular weight is 407 g/mol. The molecule has 0 spiro atoms.